The van der Waals surface area contributed by atoms with E-state index in [1.165, 1.54) is 0 Å². The topological polar surface area (TPSA) is 78.2 Å². The number of nitrogens with zero attached hydrogens (tertiary/aromatic N) is 3. The number of anilines is 2. The van der Waals surface area contributed by atoms with Crippen LogP contribution in [0.15, 0.2) is 54.1 Å². The summed E-state index contributed by atoms with van der Waals surface area (Å²) in [5.41, 5.74) is 4.29. The van der Waals surface area contributed by atoms with Crippen LogP contribution >= 0.6 is 0 Å². The van der Waals surface area contributed by atoms with Crippen LogP contribution in [0.3, 0.4) is 0 Å². The molecule has 1 N–H and O–H groups in total. The van der Waals surface area contributed by atoms with Gasteiger partial charge in [-0.25, -0.2) is 4.98 Å². The zero-order valence-electron chi connectivity index (χ0n) is 17.7. The van der Waals surface area contributed by atoms with Crippen molar-refractivity contribution in [3.05, 3.63) is 70.8 Å². The lowest BCUT2D eigenvalue weighted by atomic mass is 10.1. The predicted molar refractivity (Wildman–Crippen MR) is 123 cm³/mol. The molecular formula is C25H24N4O2. The highest BCUT2D eigenvalue weighted by atomic mass is 16.5. The summed E-state index contributed by atoms with van der Waals surface area (Å²) in [5.74, 6) is 0.329. The highest BCUT2D eigenvalue weighted by Crippen LogP contribution is 2.27. The molecule has 6 heteroatoms. The zero-order chi connectivity index (χ0) is 21.8. The standard InChI is InChI=1S/C25H24N4O2/c1-17-6-5-7-18(2)23(17)28-25(30)21(16-26)15-20-14-19-8-3-4-9-22(19)27-24(20)29-10-12-31-13-11-29/h3-9,14-15H,10-13H2,1-2H3,(H,28,30)/b21-15+. The van der Waals surface area contributed by atoms with Gasteiger partial charge in [0, 0.05) is 29.7 Å². The van der Waals surface area contributed by atoms with Gasteiger partial charge < -0.3 is 15.0 Å². The third-order valence-corrected chi connectivity index (χ3v) is 5.43. The van der Waals surface area contributed by atoms with Gasteiger partial charge in [0.1, 0.15) is 17.5 Å². The van der Waals surface area contributed by atoms with Gasteiger partial charge in [-0.1, -0.05) is 36.4 Å². The molecule has 2 heterocycles. The van der Waals surface area contributed by atoms with Crippen molar-refractivity contribution in [1.82, 2.24) is 4.98 Å². The van der Waals surface area contributed by atoms with Crippen LogP contribution in [0, 0.1) is 25.2 Å². The second-order valence-corrected chi connectivity index (χ2v) is 7.58. The van der Waals surface area contributed by atoms with Crippen molar-refractivity contribution in [2.24, 2.45) is 0 Å². The maximum Gasteiger partial charge on any atom is 0.266 e. The number of carbonyl (C=O) groups excluding carboxylic acids is 1. The molecule has 0 saturated carbocycles. The van der Waals surface area contributed by atoms with Crippen molar-refractivity contribution >= 4 is 34.4 Å². The van der Waals surface area contributed by atoms with Crippen LogP contribution in [0.5, 0.6) is 0 Å². The summed E-state index contributed by atoms with van der Waals surface area (Å²) in [6, 6.07) is 17.7. The van der Waals surface area contributed by atoms with Crippen LogP contribution in [-0.4, -0.2) is 37.2 Å². The van der Waals surface area contributed by atoms with E-state index in [1.807, 2.05) is 62.4 Å². The van der Waals surface area contributed by atoms with E-state index in [-0.39, 0.29) is 5.57 Å². The van der Waals surface area contributed by atoms with E-state index in [2.05, 4.69) is 16.3 Å². The zero-order valence-corrected chi connectivity index (χ0v) is 17.7. The van der Waals surface area contributed by atoms with Gasteiger partial charge in [0.15, 0.2) is 0 Å². The minimum Gasteiger partial charge on any atom is -0.378 e. The number of nitrogens with one attached hydrogen (secondary N) is 1. The second kappa shape index (κ2) is 8.99. The Hall–Kier alpha value is -3.69. The number of amides is 1. The quantitative estimate of drug-likeness (QED) is 0.512. The Morgan fingerprint density at radius 2 is 1.84 bits per heavy atom. The third-order valence-electron chi connectivity index (χ3n) is 5.43. The van der Waals surface area contributed by atoms with E-state index >= 15 is 0 Å². The lowest BCUT2D eigenvalue weighted by Crippen LogP contribution is -2.37. The monoisotopic (exact) mass is 412 g/mol. The molecule has 0 bridgehead atoms. The molecule has 156 valence electrons. The molecule has 4 rings (SSSR count). The van der Waals surface area contributed by atoms with Gasteiger partial charge in [-0.3, -0.25) is 4.79 Å². The smallest absolute Gasteiger partial charge is 0.266 e. The van der Waals surface area contributed by atoms with Crippen LogP contribution in [0.1, 0.15) is 16.7 Å². The fraction of sp³-hybridized carbons (Fsp3) is 0.240. The fourth-order valence-corrected chi connectivity index (χ4v) is 3.75. The number of aryl methyl sites for hydroxylation is 2. The second-order valence-electron chi connectivity index (χ2n) is 7.58. The van der Waals surface area contributed by atoms with Gasteiger partial charge in [-0.05, 0) is 43.2 Å². The summed E-state index contributed by atoms with van der Waals surface area (Å²) in [6.45, 7) is 6.53. The predicted octanol–water partition coefficient (Wildman–Crippen LogP) is 4.23. The number of fused-ring (bicyclic) bond motifs is 1. The van der Waals surface area contributed by atoms with E-state index in [0.717, 1.165) is 39.1 Å². The number of hydrogen-bond donors (Lipinski definition) is 1. The summed E-state index contributed by atoms with van der Waals surface area (Å²) >= 11 is 0. The molecule has 0 spiro atoms. The van der Waals surface area contributed by atoms with Gasteiger partial charge in [-0.2, -0.15) is 5.26 Å². The van der Waals surface area contributed by atoms with Crippen molar-refractivity contribution in [3.8, 4) is 6.07 Å². The van der Waals surface area contributed by atoms with Gasteiger partial charge in [-0.15, -0.1) is 0 Å². The molecule has 0 atom stereocenters. The minimum absolute atomic E-state index is 0.0363. The average molecular weight is 412 g/mol. The van der Waals surface area contributed by atoms with E-state index in [1.54, 1.807) is 6.08 Å². The van der Waals surface area contributed by atoms with Crippen molar-refractivity contribution in [2.75, 3.05) is 36.5 Å². The summed E-state index contributed by atoms with van der Waals surface area (Å²) in [5, 5.41) is 13.6. The number of nitriles is 1. The Morgan fingerprint density at radius 1 is 1.13 bits per heavy atom. The Kier molecular flexibility index (Phi) is 5.96. The van der Waals surface area contributed by atoms with Gasteiger partial charge in [0.2, 0.25) is 0 Å². The molecule has 1 saturated heterocycles. The Balaban J connectivity index is 1.75. The van der Waals surface area contributed by atoms with E-state index in [9.17, 15) is 10.1 Å². The third kappa shape index (κ3) is 4.42. The lowest BCUT2D eigenvalue weighted by molar-refractivity contribution is -0.112. The van der Waals surface area contributed by atoms with E-state index < -0.39 is 5.91 Å². The summed E-state index contributed by atoms with van der Waals surface area (Å²) < 4.78 is 5.48. The molecule has 0 unspecified atom stereocenters. The summed E-state index contributed by atoms with van der Waals surface area (Å²) in [7, 11) is 0. The Labute approximate surface area is 181 Å². The highest BCUT2D eigenvalue weighted by Gasteiger charge is 2.19. The fourth-order valence-electron chi connectivity index (χ4n) is 3.75. The van der Waals surface area contributed by atoms with Crippen LogP contribution < -0.4 is 10.2 Å². The first-order valence-corrected chi connectivity index (χ1v) is 10.3. The van der Waals surface area contributed by atoms with Crippen LogP contribution in [0.2, 0.25) is 0 Å². The van der Waals surface area contributed by atoms with Gasteiger partial charge in [0.05, 0.1) is 18.7 Å². The van der Waals surface area contributed by atoms with Gasteiger partial charge >= 0.3 is 0 Å². The number of pyridine rings is 1. The number of aromatic nitrogens is 1. The van der Waals surface area contributed by atoms with Crippen molar-refractivity contribution in [1.29, 1.82) is 5.26 Å². The molecule has 1 aliphatic rings. The average Bonchev–Trinajstić information content (AvgIpc) is 2.80. The highest BCUT2D eigenvalue weighted by molar-refractivity contribution is 6.10. The maximum absolute atomic E-state index is 12.9. The molecule has 3 aromatic rings. The molecular weight excluding hydrogens is 388 g/mol. The molecule has 31 heavy (non-hydrogen) atoms. The SMILES string of the molecule is Cc1cccc(C)c1NC(=O)/C(C#N)=C/c1cc2ccccc2nc1N1CCOCC1. The first kappa shape index (κ1) is 20.6. The van der Waals surface area contributed by atoms with Crippen LogP contribution in [-0.2, 0) is 9.53 Å². The molecule has 1 aromatic heterocycles. The normalized spacial score (nSPS) is 14.4. The summed E-state index contributed by atoms with van der Waals surface area (Å²) in [6.07, 6.45) is 1.63. The van der Waals surface area contributed by atoms with Crippen molar-refractivity contribution in [3.63, 3.8) is 0 Å². The largest absolute Gasteiger partial charge is 0.378 e. The van der Waals surface area contributed by atoms with Crippen LogP contribution in [0.25, 0.3) is 17.0 Å². The number of ether oxygens (including phenoxy) is 1. The molecule has 1 aliphatic heterocycles. The molecule has 1 amide bonds. The molecule has 0 aliphatic carbocycles. The maximum atomic E-state index is 12.9. The molecule has 1 fully saturated rings. The minimum atomic E-state index is -0.430. The Bertz CT molecular complexity index is 1180. The molecule has 6 nitrogen and oxygen atoms in total. The summed E-state index contributed by atoms with van der Waals surface area (Å²) in [4.78, 5) is 19.9. The number of hydrogen-bond acceptors (Lipinski definition) is 5. The lowest BCUT2D eigenvalue weighted by Gasteiger charge is -2.29. The number of benzene rings is 2. The van der Waals surface area contributed by atoms with Crippen molar-refractivity contribution < 1.29 is 9.53 Å². The number of morpholine rings is 1. The van der Waals surface area contributed by atoms with E-state index in [4.69, 9.17) is 9.72 Å². The number of carbonyl (C=O) groups is 1. The molecule has 2 aromatic carbocycles. The van der Waals surface area contributed by atoms with Gasteiger partial charge in [0.25, 0.3) is 5.91 Å². The first-order chi connectivity index (χ1) is 15.1. The van der Waals surface area contributed by atoms with Crippen molar-refractivity contribution in [2.45, 2.75) is 13.8 Å². The number of para-hydroxylation sites is 2. The Morgan fingerprint density at radius 3 is 2.55 bits per heavy atom. The van der Waals surface area contributed by atoms with Crippen LogP contribution in [0.4, 0.5) is 11.5 Å². The number of rotatable bonds is 4. The molecule has 0 radical (unpaired) electrons. The first-order valence-electron chi connectivity index (χ1n) is 10.3. The van der Waals surface area contributed by atoms with E-state index in [0.29, 0.717) is 26.3 Å².